The lowest BCUT2D eigenvalue weighted by atomic mass is 10.1. The summed E-state index contributed by atoms with van der Waals surface area (Å²) < 4.78 is 5.37. The van der Waals surface area contributed by atoms with Crippen LogP contribution in [0.3, 0.4) is 0 Å². The quantitative estimate of drug-likeness (QED) is 0.525. The Morgan fingerprint density at radius 2 is 1.80 bits per heavy atom. The first kappa shape index (κ1) is 21.9. The fourth-order valence-corrected chi connectivity index (χ4v) is 3.30. The number of nitrogens with one attached hydrogen (secondary N) is 2. The van der Waals surface area contributed by atoms with Gasteiger partial charge in [0.05, 0.1) is 0 Å². The molecule has 7 nitrogen and oxygen atoms in total. The van der Waals surface area contributed by atoms with Crippen LogP contribution in [-0.2, 0) is 22.6 Å². The molecule has 2 amide bonds. The summed E-state index contributed by atoms with van der Waals surface area (Å²) in [5, 5.41) is 14.8. The molecule has 30 heavy (non-hydrogen) atoms. The number of anilines is 1. The van der Waals surface area contributed by atoms with Gasteiger partial charge in [0, 0.05) is 17.3 Å². The van der Waals surface area contributed by atoms with Gasteiger partial charge in [0.25, 0.3) is 5.91 Å². The van der Waals surface area contributed by atoms with Crippen molar-refractivity contribution in [3.63, 3.8) is 0 Å². The number of hydrogen-bond donors (Lipinski definition) is 2. The molecular weight excluding hydrogens is 424 g/mol. The van der Waals surface area contributed by atoms with Crippen LogP contribution >= 0.6 is 22.9 Å². The third-order valence-electron chi connectivity index (χ3n) is 4.08. The molecule has 0 fully saturated rings. The number of benzene rings is 2. The number of rotatable bonds is 9. The predicted molar refractivity (Wildman–Crippen MR) is 117 cm³/mol. The van der Waals surface area contributed by atoms with Crippen molar-refractivity contribution in [1.82, 2.24) is 15.5 Å². The Bertz CT molecular complexity index is 990. The lowest BCUT2D eigenvalue weighted by molar-refractivity contribution is -0.126. The molecule has 0 radical (unpaired) electrons. The molecule has 156 valence electrons. The molecule has 0 aliphatic heterocycles. The van der Waals surface area contributed by atoms with Crippen LogP contribution < -0.4 is 10.6 Å². The van der Waals surface area contributed by atoms with Crippen molar-refractivity contribution < 1.29 is 14.3 Å². The number of carbonyl (C=O) groups is 2. The molecule has 0 bridgehead atoms. The topological polar surface area (TPSA) is 93.2 Å². The molecule has 3 aromatic rings. The molecule has 0 unspecified atom stereocenters. The highest BCUT2D eigenvalue weighted by Crippen LogP contribution is 2.15. The SMILES string of the molecule is Cc1ccc(NC(=O)c2nnc(COCC(=O)NCCc3ccc(Cl)cc3)s2)cc1. The van der Waals surface area contributed by atoms with E-state index >= 15 is 0 Å². The highest BCUT2D eigenvalue weighted by Gasteiger charge is 2.13. The summed E-state index contributed by atoms with van der Waals surface area (Å²) >= 11 is 6.98. The molecule has 0 spiro atoms. The summed E-state index contributed by atoms with van der Waals surface area (Å²) in [6.45, 7) is 2.50. The van der Waals surface area contributed by atoms with E-state index in [1.807, 2.05) is 55.5 Å². The van der Waals surface area contributed by atoms with Crippen LogP contribution in [0.5, 0.6) is 0 Å². The van der Waals surface area contributed by atoms with E-state index in [1.165, 1.54) is 0 Å². The Balaban J connectivity index is 1.36. The Labute approximate surface area is 183 Å². The predicted octanol–water partition coefficient (Wildman–Crippen LogP) is 3.63. The minimum atomic E-state index is -0.331. The Hall–Kier alpha value is -2.81. The van der Waals surface area contributed by atoms with Crippen LogP contribution in [-0.4, -0.2) is 35.2 Å². The zero-order valence-corrected chi connectivity index (χ0v) is 17.9. The lowest BCUT2D eigenvalue weighted by Crippen LogP contribution is -2.29. The number of aromatic nitrogens is 2. The van der Waals surface area contributed by atoms with Crippen molar-refractivity contribution in [2.24, 2.45) is 0 Å². The van der Waals surface area contributed by atoms with Crippen LogP contribution in [0.2, 0.25) is 5.02 Å². The van der Waals surface area contributed by atoms with E-state index in [1.54, 1.807) is 0 Å². The first-order valence-corrected chi connectivity index (χ1v) is 10.5. The largest absolute Gasteiger partial charge is 0.364 e. The van der Waals surface area contributed by atoms with E-state index in [4.69, 9.17) is 16.3 Å². The molecule has 0 saturated carbocycles. The van der Waals surface area contributed by atoms with Gasteiger partial charge < -0.3 is 15.4 Å². The standard InChI is InChI=1S/C21H21ClN4O3S/c1-14-2-8-17(9-3-14)24-20(28)21-26-25-19(30-21)13-29-12-18(27)23-11-10-15-4-6-16(22)7-5-15/h2-9H,10-13H2,1H3,(H,23,27)(H,24,28). The minimum absolute atomic E-state index is 0.0922. The number of amides is 2. The maximum absolute atomic E-state index is 12.2. The van der Waals surface area contributed by atoms with Crippen molar-refractivity contribution in [2.75, 3.05) is 18.5 Å². The molecule has 2 N–H and O–H groups in total. The molecule has 0 atom stereocenters. The normalized spacial score (nSPS) is 10.6. The molecule has 0 aliphatic rings. The lowest BCUT2D eigenvalue weighted by Gasteiger charge is -2.05. The van der Waals surface area contributed by atoms with Crippen LogP contribution in [0.25, 0.3) is 0 Å². The summed E-state index contributed by atoms with van der Waals surface area (Å²) in [7, 11) is 0. The first-order valence-electron chi connectivity index (χ1n) is 9.29. The van der Waals surface area contributed by atoms with Crippen LogP contribution in [0.1, 0.15) is 25.9 Å². The molecule has 9 heteroatoms. The number of halogens is 1. The van der Waals surface area contributed by atoms with E-state index in [0.29, 0.717) is 28.7 Å². The van der Waals surface area contributed by atoms with Crippen molar-refractivity contribution in [3.8, 4) is 0 Å². The van der Waals surface area contributed by atoms with Crippen LogP contribution in [0, 0.1) is 6.92 Å². The van der Waals surface area contributed by atoms with Crippen molar-refractivity contribution in [2.45, 2.75) is 20.0 Å². The smallest absolute Gasteiger partial charge is 0.286 e. The molecule has 1 heterocycles. The van der Waals surface area contributed by atoms with Crippen molar-refractivity contribution >= 4 is 40.4 Å². The average molecular weight is 445 g/mol. The van der Waals surface area contributed by atoms with Gasteiger partial charge in [-0.1, -0.05) is 52.8 Å². The third kappa shape index (κ3) is 6.91. The maximum atomic E-state index is 12.2. The van der Waals surface area contributed by atoms with E-state index in [-0.39, 0.29) is 30.0 Å². The van der Waals surface area contributed by atoms with Gasteiger partial charge in [-0.15, -0.1) is 10.2 Å². The highest BCUT2D eigenvalue weighted by atomic mass is 35.5. The van der Waals surface area contributed by atoms with Gasteiger partial charge >= 0.3 is 0 Å². The number of hydrogen-bond acceptors (Lipinski definition) is 6. The zero-order valence-electron chi connectivity index (χ0n) is 16.4. The second kappa shape index (κ2) is 10.8. The Kier molecular flexibility index (Phi) is 7.89. The van der Waals surface area contributed by atoms with Crippen LogP contribution in [0.15, 0.2) is 48.5 Å². The number of aryl methyl sites for hydroxylation is 1. The monoisotopic (exact) mass is 444 g/mol. The molecule has 3 rings (SSSR count). The second-order valence-electron chi connectivity index (χ2n) is 6.54. The summed E-state index contributed by atoms with van der Waals surface area (Å²) in [4.78, 5) is 24.1. The maximum Gasteiger partial charge on any atom is 0.286 e. The van der Waals surface area contributed by atoms with E-state index in [2.05, 4.69) is 20.8 Å². The first-order chi connectivity index (χ1) is 14.5. The van der Waals surface area contributed by atoms with Gasteiger partial charge in [-0.3, -0.25) is 9.59 Å². The van der Waals surface area contributed by atoms with Gasteiger partial charge in [-0.25, -0.2) is 0 Å². The van der Waals surface area contributed by atoms with Gasteiger partial charge in [0.1, 0.15) is 18.2 Å². The summed E-state index contributed by atoms with van der Waals surface area (Å²) in [5.74, 6) is -0.548. The minimum Gasteiger partial charge on any atom is -0.364 e. The van der Waals surface area contributed by atoms with Crippen molar-refractivity contribution in [3.05, 3.63) is 74.7 Å². The Morgan fingerprint density at radius 3 is 2.53 bits per heavy atom. The molecule has 2 aromatic carbocycles. The molecule has 0 aliphatic carbocycles. The molecule has 0 saturated heterocycles. The fraction of sp³-hybridized carbons (Fsp3) is 0.238. The highest BCUT2D eigenvalue weighted by molar-refractivity contribution is 7.13. The third-order valence-corrected chi connectivity index (χ3v) is 5.23. The number of ether oxygens (including phenoxy) is 1. The van der Waals surface area contributed by atoms with Crippen molar-refractivity contribution in [1.29, 1.82) is 0 Å². The zero-order chi connectivity index (χ0) is 21.3. The second-order valence-corrected chi connectivity index (χ2v) is 8.04. The van der Waals surface area contributed by atoms with E-state index < -0.39 is 0 Å². The molecular formula is C21H21ClN4O3S. The van der Waals surface area contributed by atoms with E-state index in [9.17, 15) is 9.59 Å². The number of carbonyl (C=O) groups excluding carboxylic acids is 2. The van der Waals surface area contributed by atoms with Gasteiger partial charge in [0.15, 0.2) is 0 Å². The summed E-state index contributed by atoms with van der Waals surface area (Å²) in [6, 6.07) is 15.0. The Morgan fingerprint density at radius 1 is 1.07 bits per heavy atom. The fourth-order valence-electron chi connectivity index (χ4n) is 2.50. The molecule has 1 aromatic heterocycles. The average Bonchev–Trinajstić information content (AvgIpc) is 3.20. The summed E-state index contributed by atoms with van der Waals surface area (Å²) in [6.07, 6.45) is 0.707. The van der Waals surface area contributed by atoms with Gasteiger partial charge in [-0.2, -0.15) is 0 Å². The number of nitrogens with zero attached hydrogens (tertiary/aromatic N) is 2. The van der Waals surface area contributed by atoms with Crippen LogP contribution in [0.4, 0.5) is 5.69 Å². The van der Waals surface area contributed by atoms with Gasteiger partial charge in [-0.05, 0) is 43.2 Å². The summed E-state index contributed by atoms with van der Waals surface area (Å²) in [5.41, 5.74) is 2.89. The van der Waals surface area contributed by atoms with E-state index in [0.717, 1.165) is 22.5 Å². The van der Waals surface area contributed by atoms with Gasteiger partial charge in [0.2, 0.25) is 10.9 Å².